The molecule has 0 spiro atoms. The molecule has 2 amide bonds. The summed E-state index contributed by atoms with van der Waals surface area (Å²) in [6, 6.07) is 23.8. The smallest absolute Gasteiger partial charge is 0.255 e. The van der Waals surface area contributed by atoms with Crippen LogP contribution in [-0.4, -0.2) is 38.6 Å². The minimum absolute atomic E-state index is 0.241. The summed E-state index contributed by atoms with van der Waals surface area (Å²) < 4.78 is 1.46. The van der Waals surface area contributed by atoms with Gasteiger partial charge < -0.3 is 10.6 Å². The van der Waals surface area contributed by atoms with Gasteiger partial charge >= 0.3 is 0 Å². The van der Waals surface area contributed by atoms with Gasteiger partial charge in [0.05, 0.1) is 16.9 Å². The average Bonchev–Trinajstić information content (AvgIpc) is 3.35. The lowest BCUT2D eigenvalue weighted by molar-refractivity contribution is 0.0955. The van der Waals surface area contributed by atoms with Gasteiger partial charge in [-0.3, -0.25) is 9.59 Å². The quantitative estimate of drug-likeness (QED) is 0.486. The number of amides is 2. The zero-order valence-corrected chi connectivity index (χ0v) is 16.6. The van der Waals surface area contributed by atoms with Crippen LogP contribution in [0, 0.1) is 0 Å². The third-order valence-electron chi connectivity index (χ3n) is 4.68. The van der Waals surface area contributed by atoms with Crippen molar-refractivity contribution in [3.8, 4) is 5.69 Å². The van der Waals surface area contributed by atoms with Gasteiger partial charge in [0, 0.05) is 12.1 Å². The first-order valence-corrected chi connectivity index (χ1v) is 9.76. The van der Waals surface area contributed by atoms with E-state index >= 15 is 0 Å². The molecule has 3 aromatic carbocycles. The van der Waals surface area contributed by atoms with Crippen molar-refractivity contribution in [2.75, 3.05) is 11.9 Å². The molecule has 4 aromatic rings. The van der Waals surface area contributed by atoms with Crippen LogP contribution in [0.15, 0.2) is 85.2 Å². The summed E-state index contributed by atoms with van der Waals surface area (Å²) in [5.41, 5.74) is 3.07. The Labute approximate surface area is 178 Å². The zero-order chi connectivity index (χ0) is 21.5. The molecular weight excluding hydrogens is 392 g/mol. The highest BCUT2D eigenvalue weighted by atomic mass is 16.2. The Morgan fingerprint density at radius 2 is 1.68 bits per heavy atom. The van der Waals surface area contributed by atoms with Crippen molar-refractivity contribution < 1.29 is 9.59 Å². The normalized spacial score (nSPS) is 10.5. The summed E-state index contributed by atoms with van der Waals surface area (Å²) in [6.07, 6.45) is 2.18. The summed E-state index contributed by atoms with van der Waals surface area (Å²) in [7, 11) is 0. The lowest BCUT2D eigenvalue weighted by atomic mass is 10.1. The molecule has 8 heteroatoms. The van der Waals surface area contributed by atoms with Crippen LogP contribution in [0.4, 0.5) is 5.69 Å². The van der Waals surface area contributed by atoms with Gasteiger partial charge in [0.1, 0.15) is 6.33 Å². The Bertz CT molecular complexity index is 1180. The predicted molar refractivity (Wildman–Crippen MR) is 116 cm³/mol. The number of hydrogen-bond donors (Lipinski definition) is 2. The van der Waals surface area contributed by atoms with Crippen LogP contribution in [0.2, 0.25) is 0 Å². The molecule has 0 fully saturated rings. The first kappa shape index (κ1) is 20.0. The zero-order valence-electron chi connectivity index (χ0n) is 16.6. The largest absolute Gasteiger partial charge is 0.352 e. The lowest BCUT2D eigenvalue weighted by Gasteiger charge is -2.12. The molecule has 0 radical (unpaired) electrons. The molecule has 0 saturated heterocycles. The summed E-state index contributed by atoms with van der Waals surface area (Å²) in [5, 5.41) is 16.8. The van der Waals surface area contributed by atoms with E-state index in [2.05, 4.69) is 26.2 Å². The fourth-order valence-electron chi connectivity index (χ4n) is 3.11. The standard InChI is InChI=1S/C23H20N6O2/c30-22(18-9-6-10-19(15-18)29-16-25-27-28-29)26-21-12-5-4-11-20(21)23(31)24-14-13-17-7-2-1-3-8-17/h1-12,15-16H,13-14H2,(H,24,31)(H,26,30). The summed E-state index contributed by atoms with van der Waals surface area (Å²) in [6.45, 7) is 0.499. The van der Waals surface area contributed by atoms with E-state index in [-0.39, 0.29) is 11.8 Å². The first-order valence-electron chi connectivity index (χ1n) is 9.76. The number of rotatable bonds is 7. The number of benzene rings is 3. The number of hydrogen-bond acceptors (Lipinski definition) is 5. The second kappa shape index (κ2) is 9.45. The van der Waals surface area contributed by atoms with Crippen molar-refractivity contribution in [3.63, 3.8) is 0 Å². The van der Waals surface area contributed by atoms with Gasteiger partial charge in [-0.25, -0.2) is 4.68 Å². The number of carbonyl (C=O) groups excluding carboxylic acids is 2. The van der Waals surface area contributed by atoms with Gasteiger partial charge in [0.2, 0.25) is 0 Å². The van der Waals surface area contributed by atoms with Crippen LogP contribution < -0.4 is 10.6 Å². The van der Waals surface area contributed by atoms with Crippen LogP contribution in [0.3, 0.4) is 0 Å². The molecule has 154 valence electrons. The average molecular weight is 412 g/mol. The van der Waals surface area contributed by atoms with Crippen LogP contribution in [0.5, 0.6) is 0 Å². The number of carbonyl (C=O) groups is 2. The Balaban J connectivity index is 1.44. The van der Waals surface area contributed by atoms with Crippen molar-refractivity contribution in [2.45, 2.75) is 6.42 Å². The molecule has 1 aromatic heterocycles. The molecule has 2 N–H and O–H groups in total. The third kappa shape index (κ3) is 4.99. The van der Waals surface area contributed by atoms with Crippen molar-refractivity contribution in [2.24, 2.45) is 0 Å². The van der Waals surface area contributed by atoms with Crippen LogP contribution in [0.1, 0.15) is 26.3 Å². The highest BCUT2D eigenvalue weighted by molar-refractivity contribution is 6.09. The number of tetrazole rings is 1. The Morgan fingerprint density at radius 3 is 2.48 bits per heavy atom. The minimum Gasteiger partial charge on any atom is -0.352 e. The van der Waals surface area contributed by atoms with E-state index < -0.39 is 0 Å². The predicted octanol–water partition coefficient (Wildman–Crippen LogP) is 2.89. The molecule has 0 bridgehead atoms. The minimum atomic E-state index is -0.334. The topological polar surface area (TPSA) is 102 Å². The number of nitrogens with zero attached hydrogens (tertiary/aromatic N) is 4. The summed E-state index contributed by atoms with van der Waals surface area (Å²) >= 11 is 0. The number of anilines is 1. The maximum atomic E-state index is 12.8. The monoisotopic (exact) mass is 412 g/mol. The van der Waals surface area contributed by atoms with E-state index in [0.717, 1.165) is 12.0 Å². The van der Waals surface area contributed by atoms with E-state index in [1.165, 1.54) is 11.0 Å². The molecule has 0 unspecified atom stereocenters. The SMILES string of the molecule is O=C(Nc1ccccc1C(=O)NCCc1ccccc1)c1cccc(-n2cnnn2)c1. The molecule has 0 aliphatic carbocycles. The second-order valence-electron chi connectivity index (χ2n) is 6.80. The molecular formula is C23H20N6O2. The van der Waals surface area contributed by atoms with Crippen molar-refractivity contribution in [1.29, 1.82) is 0 Å². The fourth-order valence-corrected chi connectivity index (χ4v) is 3.11. The van der Waals surface area contributed by atoms with Crippen LogP contribution in [0.25, 0.3) is 5.69 Å². The lowest BCUT2D eigenvalue weighted by Crippen LogP contribution is -2.27. The Kier molecular flexibility index (Phi) is 6.08. The maximum Gasteiger partial charge on any atom is 0.255 e. The van der Waals surface area contributed by atoms with E-state index in [4.69, 9.17) is 0 Å². The molecule has 1 heterocycles. The number of nitrogens with one attached hydrogen (secondary N) is 2. The highest BCUT2D eigenvalue weighted by Gasteiger charge is 2.14. The van der Waals surface area contributed by atoms with E-state index in [1.54, 1.807) is 48.5 Å². The van der Waals surface area contributed by atoms with Crippen LogP contribution >= 0.6 is 0 Å². The van der Waals surface area contributed by atoms with E-state index in [9.17, 15) is 9.59 Å². The molecule has 0 aliphatic rings. The van der Waals surface area contributed by atoms with Gasteiger partial charge in [-0.2, -0.15) is 0 Å². The number of aromatic nitrogens is 4. The van der Waals surface area contributed by atoms with Gasteiger partial charge in [0.15, 0.2) is 0 Å². The molecule has 0 saturated carbocycles. The summed E-state index contributed by atoms with van der Waals surface area (Å²) in [4.78, 5) is 25.5. The van der Waals surface area contributed by atoms with Crippen molar-refractivity contribution in [3.05, 3.63) is 102 Å². The molecule has 8 nitrogen and oxygen atoms in total. The second-order valence-corrected chi connectivity index (χ2v) is 6.80. The van der Waals surface area contributed by atoms with Gasteiger partial charge in [-0.1, -0.05) is 48.5 Å². The number of para-hydroxylation sites is 1. The van der Waals surface area contributed by atoms with E-state index in [1.807, 2.05) is 30.3 Å². The Hall–Kier alpha value is -4.33. The molecule has 0 atom stereocenters. The van der Waals surface area contributed by atoms with Gasteiger partial charge in [-0.15, -0.1) is 5.10 Å². The Morgan fingerprint density at radius 1 is 0.871 bits per heavy atom. The highest BCUT2D eigenvalue weighted by Crippen LogP contribution is 2.17. The molecule has 4 rings (SSSR count). The summed E-state index contributed by atoms with van der Waals surface area (Å²) in [5.74, 6) is -0.575. The van der Waals surface area contributed by atoms with Crippen molar-refractivity contribution in [1.82, 2.24) is 25.5 Å². The van der Waals surface area contributed by atoms with Crippen LogP contribution in [-0.2, 0) is 6.42 Å². The first-order chi connectivity index (χ1) is 15.2. The fraction of sp³-hybridized carbons (Fsp3) is 0.0870. The van der Waals surface area contributed by atoms with Gasteiger partial charge in [-0.05, 0) is 52.7 Å². The molecule has 0 aliphatic heterocycles. The molecule has 31 heavy (non-hydrogen) atoms. The van der Waals surface area contributed by atoms with Crippen molar-refractivity contribution >= 4 is 17.5 Å². The van der Waals surface area contributed by atoms with E-state index in [0.29, 0.717) is 29.0 Å². The third-order valence-corrected chi connectivity index (χ3v) is 4.68. The maximum absolute atomic E-state index is 12.8. The van der Waals surface area contributed by atoms with Gasteiger partial charge in [0.25, 0.3) is 11.8 Å².